The maximum Gasteiger partial charge on any atom is 0.304 e. The average molecular weight is 589 g/mol. The number of nitrogens with one attached hydrogen (secondary N) is 1. The van der Waals surface area contributed by atoms with Gasteiger partial charge in [-0.1, -0.05) is 61.0 Å². The second kappa shape index (κ2) is 14.2. The number of nitrogens with zero attached hydrogens (tertiary/aromatic N) is 3. The van der Waals surface area contributed by atoms with Crippen molar-refractivity contribution in [2.24, 2.45) is 0 Å². The molecule has 0 unspecified atom stereocenters. The Labute approximate surface area is 240 Å². The number of amides is 2. The summed E-state index contributed by atoms with van der Waals surface area (Å²) in [5.41, 5.74) is 1.62. The lowest BCUT2D eigenvalue weighted by atomic mass is 10.0. The molecule has 0 saturated carbocycles. The van der Waals surface area contributed by atoms with Gasteiger partial charge in [0.2, 0.25) is 11.8 Å². The summed E-state index contributed by atoms with van der Waals surface area (Å²) in [6, 6.07) is 20.1. The summed E-state index contributed by atoms with van der Waals surface area (Å²) < 4.78 is 42.2. The summed E-state index contributed by atoms with van der Waals surface area (Å²) in [6.45, 7) is 1.74. The van der Waals surface area contributed by atoms with E-state index < -0.39 is 34.5 Å². The second-order valence-electron chi connectivity index (χ2n) is 9.42. The Morgan fingerprint density at radius 1 is 0.950 bits per heavy atom. The van der Waals surface area contributed by atoms with Crippen molar-refractivity contribution in [2.75, 3.05) is 31.5 Å². The van der Waals surface area contributed by atoms with Gasteiger partial charge in [-0.15, -0.1) is 0 Å². The highest BCUT2D eigenvalue weighted by atomic mass is 35.5. The van der Waals surface area contributed by atoms with E-state index in [1.54, 1.807) is 24.3 Å². The van der Waals surface area contributed by atoms with Gasteiger partial charge in [-0.05, 0) is 53.9 Å². The van der Waals surface area contributed by atoms with Crippen LogP contribution in [-0.4, -0.2) is 62.7 Å². The minimum atomic E-state index is -4.16. The minimum absolute atomic E-state index is 0.00963. The van der Waals surface area contributed by atoms with Crippen molar-refractivity contribution in [1.29, 1.82) is 0 Å². The molecule has 3 aromatic rings. The summed E-state index contributed by atoms with van der Waals surface area (Å²) in [6.07, 6.45) is 0.908. The highest BCUT2D eigenvalue weighted by Gasteiger charge is 2.34. The van der Waals surface area contributed by atoms with Gasteiger partial charge < -0.3 is 10.2 Å². The van der Waals surface area contributed by atoms with Crippen LogP contribution < -0.4 is 9.62 Å². The Morgan fingerprint density at radius 2 is 1.60 bits per heavy atom. The SMILES string of the molecule is CCCNC(=O)[C@H](Cc1ccccc1)N(Cc1cccc(Cl)c1)C(=O)CN(c1ccc(F)cc1)S(=O)(=O)N(C)C. The molecular weight excluding hydrogens is 555 g/mol. The van der Waals surface area contributed by atoms with E-state index in [9.17, 15) is 22.4 Å². The van der Waals surface area contributed by atoms with Gasteiger partial charge in [-0.2, -0.15) is 12.7 Å². The van der Waals surface area contributed by atoms with Crippen molar-refractivity contribution in [3.63, 3.8) is 0 Å². The van der Waals surface area contributed by atoms with Crippen LogP contribution in [0.5, 0.6) is 0 Å². The van der Waals surface area contributed by atoms with Gasteiger partial charge in [0.25, 0.3) is 0 Å². The first kappa shape index (κ1) is 31.1. The Hall–Kier alpha value is -3.47. The summed E-state index contributed by atoms with van der Waals surface area (Å²) in [5.74, 6) is -1.51. The van der Waals surface area contributed by atoms with Crippen LogP contribution in [0.4, 0.5) is 10.1 Å². The third-order valence-electron chi connectivity index (χ3n) is 6.20. The van der Waals surface area contributed by atoms with Crippen LogP contribution in [0.2, 0.25) is 5.02 Å². The van der Waals surface area contributed by atoms with Gasteiger partial charge in [0.1, 0.15) is 18.4 Å². The highest BCUT2D eigenvalue weighted by Crippen LogP contribution is 2.23. The molecule has 40 heavy (non-hydrogen) atoms. The van der Waals surface area contributed by atoms with Crippen LogP contribution in [0.3, 0.4) is 0 Å². The molecule has 3 aromatic carbocycles. The molecule has 0 saturated heterocycles. The lowest BCUT2D eigenvalue weighted by molar-refractivity contribution is -0.140. The predicted molar refractivity (Wildman–Crippen MR) is 156 cm³/mol. The maximum atomic E-state index is 14.1. The first-order valence-electron chi connectivity index (χ1n) is 12.8. The molecule has 1 atom stereocenters. The Balaban J connectivity index is 2.07. The second-order valence-corrected chi connectivity index (χ2v) is 11.9. The summed E-state index contributed by atoms with van der Waals surface area (Å²) >= 11 is 6.21. The molecule has 0 fully saturated rings. The van der Waals surface area contributed by atoms with Crippen LogP contribution in [0.1, 0.15) is 24.5 Å². The van der Waals surface area contributed by atoms with Gasteiger partial charge in [-0.3, -0.25) is 9.59 Å². The number of hydrogen-bond acceptors (Lipinski definition) is 4. The fourth-order valence-corrected chi connectivity index (χ4v) is 5.35. The molecule has 0 radical (unpaired) electrons. The summed E-state index contributed by atoms with van der Waals surface area (Å²) in [7, 11) is -1.47. The number of carbonyl (C=O) groups is 2. The van der Waals surface area contributed by atoms with Crippen molar-refractivity contribution in [3.8, 4) is 0 Å². The van der Waals surface area contributed by atoms with Crippen LogP contribution in [0.15, 0.2) is 78.9 Å². The van der Waals surface area contributed by atoms with E-state index in [1.807, 2.05) is 37.3 Å². The average Bonchev–Trinajstić information content (AvgIpc) is 2.93. The molecule has 2 amide bonds. The van der Waals surface area contributed by atoms with E-state index in [2.05, 4.69) is 5.32 Å². The van der Waals surface area contributed by atoms with Crippen LogP contribution in [0, 0.1) is 5.82 Å². The Morgan fingerprint density at radius 3 is 2.20 bits per heavy atom. The molecular formula is C29H34ClFN4O4S. The standard InChI is InChI=1S/C29H34ClFN4O4S/c1-4-17-32-29(37)27(19-22-9-6-5-7-10-22)34(20-23-11-8-12-24(30)18-23)28(36)21-35(40(38,39)33(2)3)26-15-13-25(31)14-16-26/h5-16,18,27H,4,17,19-21H2,1-3H3,(H,32,37)/t27-/m0/s1. The third kappa shape index (κ3) is 8.27. The lowest BCUT2D eigenvalue weighted by Crippen LogP contribution is -2.54. The minimum Gasteiger partial charge on any atom is -0.354 e. The van der Waals surface area contributed by atoms with Crippen LogP contribution in [-0.2, 0) is 32.8 Å². The smallest absolute Gasteiger partial charge is 0.304 e. The molecule has 3 rings (SSSR count). The monoisotopic (exact) mass is 588 g/mol. The van der Waals surface area contributed by atoms with Gasteiger partial charge in [0.15, 0.2) is 0 Å². The van der Waals surface area contributed by atoms with Gasteiger partial charge in [-0.25, -0.2) is 8.70 Å². The number of anilines is 1. The van der Waals surface area contributed by atoms with E-state index in [-0.39, 0.29) is 24.6 Å². The quantitative estimate of drug-likeness (QED) is 0.323. The topological polar surface area (TPSA) is 90.0 Å². The first-order chi connectivity index (χ1) is 19.0. The fourth-order valence-electron chi connectivity index (χ4n) is 4.08. The molecule has 11 heteroatoms. The molecule has 0 bridgehead atoms. The van der Waals surface area contributed by atoms with Crippen molar-refractivity contribution in [1.82, 2.24) is 14.5 Å². The summed E-state index contributed by atoms with van der Waals surface area (Å²) in [4.78, 5) is 29.0. The van der Waals surface area contributed by atoms with Crippen LogP contribution in [0.25, 0.3) is 0 Å². The molecule has 0 aliphatic rings. The molecule has 1 N–H and O–H groups in total. The molecule has 0 aromatic heterocycles. The van der Waals surface area contributed by atoms with Crippen molar-refractivity contribution >= 4 is 39.3 Å². The zero-order chi connectivity index (χ0) is 29.3. The molecule has 0 aliphatic heterocycles. The number of halogens is 2. The van der Waals surface area contributed by atoms with E-state index in [4.69, 9.17) is 11.6 Å². The van der Waals surface area contributed by atoms with Gasteiger partial charge in [0, 0.05) is 38.6 Å². The highest BCUT2D eigenvalue weighted by molar-refractivity contribution is 7.90. The van der Waals surface area contributed by atoms with Crippen molar-refractivity contribution in [3.05, 3.63) is 101 Å². The zero-order valence-corrected chi connectivity index (χ0v) is 24.3. The van der Waals surface area contributed by atoms with E-state index in [0.29, 0.717) is 23.6 Å². The largest absolute Gasteiger partial charge is 0.354 e. The summed E-state index contributed by atoms with van der Waals surface area (Å²) in [5, 5.41) is 3.35. The zero-order valence-electron chi connectivity index (χ0n) is 22.8. The van der Waals surface area contributed by atoms with Crippen molar-refractivity contribution in [2.45, 2.75) is 32.4 Å². The van der Waals surface area contributed by atoms with E-state index in [1.165, 1.54) is 31.1 Å². The molecule has 0 aliphatic carbocycles. The van der Waals surface area contributed by atoms with Gasteiger partial charge in [0.05, 0.1) is 5.69 Å². The molecule has 0 spiro atoms. The Bertz CT molecular complexity index is 1390. The lowest BCUT2D eigenvalue weighted by Gasteiger charge is -2.34. The molecule has 214 valence electrons. The number of rotatable bonds is 13. The molecule has 0 heterocycles. The maximum absolute atomic E-state index is 14.1. The third-order valence-corrected chi connectivity index (χ3v) is 8.25. The number of carbonyl (C=O) groups excluding carboxylic acids is 2. The normalized spacial score (nSPS) is 12.2. The first-order valence-corrected chi connectivity index (χ1v) is 14.6. The molecule has 8 nitrogen and oxygen atoms in total. The fraction of sp³-hybridized carbons (Fsp3) is 0.310. The van der Waals surface area contributed by atoms with Crippen LogP contribution >= 0.6 is 11.6 Å². The van der Waals surface area contributed by atoms with Gasteiger partial charge >= 0.3 is 10.2 Å². The van der Waals surface area contributed by atoms with E-state index in [0.717, 1.165) is 26.3 Å². The predicted octanol–water partition coefficient (Wildman–Crippen LogP) is 4.26. The number of hydrogen-bond donors (Lipinski definition) is 1. The van der Waals surface area contributed by atoms with Crippen molar-refractivity contribution < 1.29 is 22.4 Å². The van der Waals surface area contributed by atoms with E-state index >= 15 is 0 Å². The Kier molecular flexibility index (Phi) is 11.1. The number of benzene rings is 3.